The van der Waals surface area contributed by atoms with E-state index in [0.717, 1.165) is 24.1 Å². The molecule has 2 aromatic rings. The van der Waals surface area contributed by atoms with Crippen molar-refractivity contribution in [2.45, 2.75) is 102 Å². The smallest absolute Gasteiger partial charge is 0.744 e. The standard InChI is InChI=1S/C27H40N2O3S.K/c1-2-3-4-5-6-7-8-9-10-11-15-21-26-28-24-19-16-20-25(33(30,31)32)27(24)29(26)22-23-17-13-12-14-18-23;/h12-14,16-20,26,28H,2-11,15,21-22H2,1H3,(H,30,31,32);/q;+1/p-1. The van der Waals surface area contributed by atoms with Crippen LogP contribution in [0.15, 0.2) is 53.4 Å². The topological polar surface area (TPSA) is 72.5 Å². The van der Waals surface area contributed by atoms with Crippen LogP contribution in [0.2, 0.25) is 0 Å². The maximum absolute atomic E-state index is 11.9. The van der Waals surface area contributed by atoms with Crippen molar-refractivity contribution >= 4 is 21.5 Å². The molecule has 1 aliphatic heterocycles. The minimum Gasteiger partial charge on any atom is -0.744 e. The van der Waals surface area contributed by atoms with Gasteiger partial charge in [-0.15, -0.1) is 0 Å². The van der Waals surface area contributed by atoms with Crippen LogP contribution in [0, 0.1) is 0 Å². The molecular formula is C27H39KN2O3S. The second-order valence-electron chi connectivity index (χ2n) is 9.20. The Labute approximate surface area is 249 Å². The maximum Gasteiger partial charge on any atom is 1.00 e. The van der Waals surface area contributed by atoms with Gasteiger partial charge in [0.05, 0.1) is 22.4 Å². The van der Waals surface area contributed by atoms with E-state index in [1.165, 1.54) is 70.3 Å². The molecule has 5 nitrogen and oxygen atoms in total. The van der Waals surface area contributed by atoms with Gasteiger partial charge in [0.15, 0.2) is 0 Å². The molecule has 1 N–H and O–H groups in total. The molecule has 0 radical (unpaired) electrons. The van der Waals surface area contributed by atoms with Crippen molar-refractivity contribution in [2.75, 3.05) is 10.2 Å². The Morgan fingerprint density at radius 1 is 0.824 bits per heavy atom. The summed E-state index contributed by atoms with van der Waals surface area (Å²) in [6.45, 7) is 2.82. The van der Waals surface area contributed by atoms with Crippen molar-refractivity contribution in [1.29, 1.82) is 0 Å². The Kier molecular flexibility index (Phi) is 13.7. The molecule has 0 aromatic heterocycles. The SMILES string of the molecule is CCCCCCCCCCCCCC1Nc2cccc(S(=O)(=O)[O-])c2N1Cc1ccccc1.[K+]. The minimum atomic E-state index is -4.55. The molecule has 0 spiro atoms. The molecule has 0 aliphatic carbocycles. The molecule has 34 heavy (non-hydrogen) atoms. The van der Waals surface area contributed by atoms with Crippen LogP contribution in [0.1, 0.15) is 89.5 Å². The van der Waals surface area contributed by atoms with E-state index in [-0.39, 0.29) is 62.4 Å². The fraction of sp³-hybridized carbons (Fsp3) is 0.556. The van der Waals surface area contributed by atoms with E-state index in [9.17, 15) is 13.0 Å². The second kappa shape index (κ2) is 15.6. The van der Waals surface area contributed by atoms with Gasteiger partial charge in [0.2, 0.25) is 0 Å². The fourth-order valence-electron chi connectivity index (χ4n) is 4.75. The Balaban J connectivity index is 0.00000408. The second-order valence-corrected chi connectivity index (χ2v) is 10.6. The van der Waals surface area contributed by atoms with Crippen molar-refractivity contribution in [1.82, 2.24) is 0 Å². The molecule has 0 fully saturated rings. The number of hydrogen-bond donors (Lipinski definition) is 1. The van der Waals surface area contributed by atoms with Crippen LogP contribution in [0.25, 0.3) is 0 Å². The molecule has 7 heteroatoms. The van der Waals surface area contributed by atoms with Gasteiger partial charge in [0, 0.05) is 6.54 Å². The molecule has 0 saturated heterocycles. The summed E-state index contributed by atoms with van der Waals surface area (Å²) >= 11 is 0. The molecular weight excluding hydrogens is 471 g/mol. The monoisotopic (exact) mass is 510 g/mol. The van der Waals surface area contributed by atoms with E-state index < -0.39 is 10.1 Å². The van der Waals surface area contributed by atoms with Crippen LogP contribution in [0.5, 0.6) is 0 Å². The number of fused-ring (bicyclic) bond motifs is 1. The van der Waals surface area contributed by atoms with Crippen LogP contribution in [-0.4, -0.2) is 19.1 Å². The molecule has 182 valence electrons. The summed E-state index contributed by atoms with van der Waals surface area (Å²) in [4.78, 5) is 1.93. The maximum atomic E-state index is 11.9. The van der Waals surface area contributed by atoms with Gasteiger partial charge in [0.1, 0.15) is 10.1 Å². The van der Waals surface area contributed by atoms with Crippen LogP contribution >= 0.6 is 0 Å². The number of nitrogens with one attached hydrogen (secondary N) is 1. The normalized spacial score (nSPS) is 15.0. The van der Waals surface area contributed by atoms with Crippen molar-refractivity contribution in [3.05, 3.63) is 54.1 Å². The van der Waals surface area contributed by atoms with Crippen molar-refractivity contribution < 1.29 is 64.4 Å². The van der Waals surface area contributed by atoms with Gasteiger partial charge in [0.25, 0.3) is 0 Å². The van der Waals surface area contributed by atoms with Gasteiger partial charge < -0.3 is 14.8 Å². The summed E-state index contributed by atoms with van der Waals surface area (Å²) in [5.41, 5.74) is 2.34. The third kappa shape index (κ3) is 9.23. The third-order valence-corrected chi connectivity index (χ3v) is 7.40. The molecule has 1 heterocycles. The van der Waals surface area contributed by atoms with Gasteiger partial charge in [-0.3, -0.25) is 0 Å². The van der Waals surface area contributed by atoms with Crippen LogP contribution in [-0.2, 0) is 16.7 Å². The van der Waals surface area contributed by atoms with E-state index in [1.807, 2.05) is 36.4 Å². The zero-order valence-corrected chi connectivity index (χ0v) is 24.9. The zero-order valence-electron chi connectivity index (χ0n) is 21.0. The van der Waals surface area contributed by atoms with Gasteiger partial charge in [-0.1, -0.05) is 108 Å². The summed E-state index contributed by atoms with van der Waals surface area (Å²) in [5, 5.41) is 3.48. The predicted octanol–water partition coefficient (Wildman–Crippen LogP) is 4.05. The number of unbranched alkanes of at least 4 members (excludes halogenated alkanes) is 10. The average molecular weight is 511 g/mol. The molecule has 1 unspecified atom stereocenters. The Bertz CT molecular complexity index is 954. The number of para-hydroxylation sites is 1. The molecule has 3 rings (SSSR count). The van der Waals surface area contributed by atoms with E-state index in [0.29, 0.717) is 12.2 Å². The van der Waals surface area contributed by atoms with Crippen molar-refractivity contribution in [3.63, 3.8) is 0 Å². The summed E-state index contributed by atoms with van der Waals surface area (Å²) in [6, 6.07) is 14.9. The van der Waals surface area contributed by atoms with E-state index >= 15 is 0 Å². The summed E-state index contributed by atoms with van der Waals surface area (Å²) in [5.74, 6) is 0. The first-order valence-corrected chi connectivity index (χ1v) is 14.1. The third-order valence-electron chi connectivity index (χ3n) is 6.53. The number of hydrogen-bond acceptors (Lipinski definition) is 5. The zero-order chi connectivity index (χ0) is 23.5. The van der Waals surface area contributed by atoms with Gasteiger partial charge >= 0.3 is 51.4 Å². The predicted molar refractivity (Wildman–Crippen MR) is 136 cm³/mol. The van der Waals surface area contributed by atoms with E-state index in [1.54, 1.807) is 6.07 Å². The van der Waals surface area contributed by atoms with Gasteiger partial charge in [-0.2, -0.15) is 0 Å². The average Bonchev–Trinajstić information content (AvgIpc) is 3.14. The molecule has 1 aliphatic rings. The van der Waals surface area contributed by atoms with E-state index in [2.05, 4.69) is 17.1 Å². The number of rotatable bonds is 15. The Morgan fingerprint density at radius 2 is 1.41 bits per heavy atom. The summed E-state index contributed by atoms with van der Waals surface area (Å²) in [6.07, 6.45) is 15.1. The molecule has 0 amide bonds. The Hall–Kier alpha value is -0.414. The first-order chi connectivity index (χ1) is 16.0. The number of anilines is 2. The van der Waals surface area contributed by atoms with E-state index in [4.69, 9.17) is 0 Å². The summed E-state index contributed by atoms with van der Waals surface area (Å²) in [7, 11) is -4.55. The first-order valence-electron chi connectivity index (χ1n) is 12.7. The Morgan fingerprint density at radius 3 is 2.00 bits per heavy atom. The largest absolute Gasteiger partial charge is 1.00 e. The van der Waals surface area contributed by atoms with Crippen LogP contribution in [0.4, 0.5) is 11.4 Å². The van der Waals surface area contributed by atoms with Crippen molar-refractivity contribution in [2.24, 2.45) is 0 Å². The summed E-state index contributed by atoms with van der Waals surface area (Å²) < 4.78 is 35.8. The fourth-order valence-corrected chi connectivity index (χ4v) is 5.46. The molecule has 0 saturated carbocycles. The molecule has 1 atom stereocenters. The van der Waals surface area contributed by atoms with Crippen molar-refractivity contribution in [3.8, 4) is 0 Å². The van der Waals surface area contributed by atoms with Gasteiger partial charge in [-0.25, -0.2) is 8.42 Å². The van der Waals surface area contributed by atoms with Crippen LogP contribution < -0.4 is 61.6 Å². The minimum absolute atomic E-state index is 0. The number of nitrogens with zero attached hydrogens (tertiary/aromatic N) is 1. The molecule has 2 aromatic carbocycles. The van der Waals surface area contributed by atoms with Crippen LogP contribution in [0.3, 0.4) is 0 Å². The van der Waals surface area contributed by atoms with Gasteiger partial charge in [-0.05, 0) is 30.5 Å². The quantitative estimate of drug-likeness (QED) is 0.222. The first kappa shape index (κ1) is 29.8. The molecule has 0 bridgehead atoms. The number of benzene rings is 2.